The Morgan fingerprint density at radius 2 is 1.91 bits per heavy atom. The third kappa shape index (κ3) is 2.94. The standard InChI is InChI=1S/C17H15NO4S/c1-10(17(21)22)23-14-9-15(19)18(16(14)20)13-7-6-11-4-2-3-5-12(11)8-13/h2-8,10,14H,9H2,1H3,(H,21,22). The maximum Gasteiger partial charge on any atom is 0.316 e. The summed E-state index contributed by atoms with van der Waals surface area (Å²) >= 11 is 1.02. The van der Waals surface area contributed by atoms with E-state index in [0.717, 1.165) is 22.5 Å². The van der Waals surface area contributed by atoms with Gasteiger partial charge in [0.15, 0.2) is 0 Å². The molecule has 2 amide bonds. The van der Waals surface area contributed by atoms with Crippen molar-refractivity contribution in [3.63, 3.8) is 0 Å². The van der Waals surface area contributed by atoms with Crippen molar-refractivity contribution in [1.82, 2.24) is 0 Å². The molecule has 0 aromatic heterocycles. The first kappa shape index (κ1) is 15.6. The molecule has 3 rings (SSSR count). The summed E-state index contributed by atoms with van der Waals surface area (Å²) in [6, 6.07) is 13.1. The monoisotopic (exact) mass is 329 g/mol. The predicted molar refractivity (Wildman–Crippen MR) is 89.5 cm³/mol. The molecule has 0 spiro atoms. The van der Waals surface area contributed by atoms with Crippen molar-refractivity contribution >= 4 is 46.0 Å². The summed E-state index contributed by atoms with van der Waals surface area (Å²) in [4.78, 5) is 36.8. The molecule has 5 nitrogen and oxygen atoms in total. The number of benzene rings is 2. The van der Waals surface area contributed by atoms with Gasteiger partial charge in [0.1, 0.15) is 5.25 Å². The minimum absolute atomic E-state index is 0.0357. The SMILES string of the molecule is CC(SC1CC(=O)N(c2ccc3ccccc3c2)C1=O)C(=O)O. The first-order valence-corrected chi connectivity index (χ1v) is 8.15. The summed E-state index contributed by atoms with van der Waals surface area (Å²) in [6.07, 6.45) is 0.0357. The van der Waals surface area contributed by atoms with Crippen LogP contribution in [-0.2, 0) is 14.4 Å². The Morgan fingerprint density at radius 3 is 2.61 bits per heavy atom. The molecular weight excluding hydrogens is 314 g/mol. The predicted octanol–water partition coefficient (Wildman–Crippen LogP) is 2.68. The fourth-order valence-electron chi connectivity index (χ4n) is 2.60. The van der Waals surface area contributed by atoms with Gasteiger partial charge in [-0.25, -0.2) is 4.90 Å². The average molecular weight is 329 g/mol. The molecule has 0 bridgehead atoms. The highest BCUT2D eigenvalue weighted by Crippen LogP contribution is 2.33. The summed E-state index contributed by atoms with van der Waals surface area (Å²) in [5.74, 6) is -1.62. The van der Waals surface area contributed by atoms with Crippen molar-refractivity contribution in [2.24, 2.45) is 0 Å². The number of fused-ring (bicyclic) bond motifs is 1. The number of nitrogens with zero attached hydrogens (tertiary/aromatic N) is 1. The Morgan fingerprint density at radius 1 is 1.22 bits per heavy atom. The van der Waals surface area contributed by atoms with Gasteiger partial charge in [-0.05, 0) is 29.8 Å². The molecule has 1 heterocycles. The largest absolute Gasteiger partial charge is 0.480 e. The maximum absolute atomic E-state index is 12.5. The van der Waals surface area contributed by atoms with Crippen molar-refractivity contribution in [3.8, 4) is 0 Å². The van der Waals surface area contributed by atoms with Crippen LogP contribution in [0, 0.1) is 0 Å². The van der Waals surface area contributed by atoms with Crippen LogP contribution in [-0.4, -0.2) is 33.4 Å². The Bertz CT molecular complexity index is 804. The zero-order valence-corrected chi connectivity index (χ0v) is 13.2. The molecule has 2 atom stereocenters. The molecule has 6 heteroatoms. The van der Waals surface area contributed by atoms with E-state index < -0.39 is 16.5 Å². The minimum atomic E-state index is -0.987. The zero-order valence-electron chi connectivity index (χ0n) is 12.4. The first-order valence-electron chi connectivity index (χ1n) is 7.21. The third-order valence-corrected chi connectivity index (χ3v) is 5.12. The number of hydrogen-bond acceptors (Lipinski definition) is 4. The van der Waals surface area contributed by atoms with Gasteiger partial charge in [0.2, 0.25) is 11.8 Å². The number of amides is 2. The Labute approximate surface area is 137 Å². The smallest absolute Gasteiger partial charge is 0.316 e. The molecule has 1 saturated heterocycles. The molecule has 1 aliphatic heterocycles. The molecule has 2 aromatic carbocycles. The van der Waals surface area contributed by atoms with E-state index in [-0.39, 0.29) is 18.2 Å². The van der Waals surface area contributed by atoms with Crippen LogP contribution in [0.5, 0.6) is 0 Å². The number of carbonyl (C=O) groups excluding carboxylic acids is 2. The van der Waals surface area contributed by atoms with Gasteiger partial charge in [0, 0.05) is 6.42 Å². The van der Waals surface area contributed by atoms with E-state index >= 15 is 0 Å². The lowest BCUT2D eigenvalue weighted by Crippen LogP contribution is -2.31. The molecule has 23 heavy (non-hydrogen) atoms. The molecule has 1 aliphatic rings. The van der Waals surface area contributed by atoms with Crippen LogP contribution < -0.4 is 4.90 Å². The maximum atomic E-state index is 12.5. The normalized spacial score (nSPS) is 19.3. The highest BCUT2D eigenvalue weighted by Gasteiger charge is 2.41. The van der Waals surface area contributed by atoms with E-state index in [1.165, 1.54) is 11.8 Å². The summed E-state index contributed by atoms with van der Waals surface area (Å²) in [5, 5.41) is 9.57. The van der Waals surface area contributed by atoms with Gasteiger partial charge in [-0.15, -0.1) is 11.8 Å². The van der Waals surface area contributed by atoms with Gasteiger partial charge in [0.05, 0.1) is 10.9 Å². The summed E-state index contributed by atoms with van der Waals surface area (Å²) in [5.41, 5.74) is 0.532. The third-order valence-electron chi connectivity index (χ3n) is 3.81. The van der Waals surface area contributed by atoms with Gasteiger partial charge >= 0.3 is 5.97 Å². The van der Waals surface area contributed by atoms with Crippen molar-refractivity contribution in [2.75, 3.05) is 4.90 Å². The molecule has 1 fully saturated rings. The van der Waals surface area contributed by atoms with Gasteiger partial charge in [-0.3, -0.25) is 14.4 Å². The van der Waals surface area contributed by atoms with Gasteiger partial charge < -0.3 is 5.11 Å². The lowest BCUT2D eigenvalue weighted by atomic mass is 10.1. The van der Waals surface area contributed by atoms with Crippen LogP contribution in [0.25, 0.3) is 10.8 Å². The van der Waals surface area contributed by atoms with E-state index in [9.17, 15) is 14.4 Å². The molecule has 2 unspecified atom stereocenters. The molecule has 2 aromatic rings. The van der Waals surface area contributed by atoms with Gasteiger partial charge in [0.25, 0.3) is 0 Å². The van der Waals surface area contributed by atoms with Gasteiger partial charge in [-0.1, -0.05) is 30.3 Å². The van der Waals surface area contributed by atoms with Crippen molar-refractivity contribution < 1.29 is 19.5 Å². The van der Waals surface area contributed by atoms with E-state index in [1.807, 2.05) is 30.3 Å². The minimum Gasteiger partial charge on any atom is -0.480 e. The lowest BCUT2D eigenvalue weighted by molar-refractivity contribution is -0.136. The first-order chi connectivity index (χ1) is 11.0. The molecule has 1 N–H and O–H groups in total. The number of thioether (sulfide) groups is 1. The second-order valence-electron chi connectivity index (χ2n) is 5.41. The zero-order chi connectivity index (χ0) is 16.6. The van der Waals surface area contributed by atoms with Crippen LogP contribution in [0.3, 0.4) is 0 Å². The fourth-order valence-corrected chi connectivity index (χ4v) is 3.67. The number of carboxylic acids is 1. The van der Waals surface area contributed by atoms with Crippen LogP contribution in [0.4, 0.5) is 5.69 Å². The van der Waals surface area contributed by atoms with Crippen molar-refractivity contribution in [3.05, 3.63) is 42.5 Å². The number of carboxylic acid groups (broad SMARTS) is 1. The van der Waals surface area contributed by atoms with Gasteiger partial charge in [-0.2, -0.15) is 0 Å². The van der Waals surface area contributed by atoms with Crippen molar-refractivity contribution in [1.29, 1.82) is 0 Å². The summed E-state index contributed by atoms with van der Waals surface area (Å²) < 4.78 is 0. The number of carbonyl (C=O) groups is 3. The molecule has 0 saturated carbocycles. The van der Waals surface area contributed by atoms with Crippen LogP contribution in [0.1, 0.15) is 13.3 Å². The quantitative estimate of drug-likeness (QED) is 0.873. The highest BCUT2D eigenvalue weighted by atomic mass is 32.2. The number of imide groups is 1. The fraction of sp³-hybridized carbons (Fsp3) is 0.235. The number of rotatable bonds is 4. The lowest BCUT2D eigenvalue weighted by Gasteiger charge is -2.16. The average Bonchev–Trinajstić information content (AvgIpc) is 2.80. The molecule has 0 aliphatic carbocycles. The Kier molecular flexibility index (Phi) is 4.09. The molecular formula is C17H15NO4S. The van der Waals surface area contributed by atoms with E-state index in [2.05, 4.69) is 0 Å². The van der Waals surface area contributed by atoms with E-state index in [4.69, 9.17) is 5.11 Å². The van der Waals surface area contributed by atoms with Crippen LogP contribution in [0.2, 0.25) is 0 Å². The van der Waals surface area contributed by atoms with Crippen molar-refractivity contribution in [2.45, 2.75) is 23.8 Å². The summed E-state index contributed by atoms with van der Waals surface area (Å²) in [7, 11) is 0. The Balaban J connectivity index is 1.88. The second kappa shape index (κ2) is 6.04. The molecule has 0 radical (unpaired) electrons. The number of hydrogen-bond donors (Lipinski definition) is 1. The Hall–Kier alpha value is -2.34. The highest BCUT2D eigenvalue weighted by molar-refractivity contribution is 8.01. The second-order valence-corrected chi connectivity index (χ2v) is 6.96. The van der Waals surface area contributed by atoms with E-state index in [1.54, 1.807) is 12.1 Å². The summed E-state index contributed by atoms with van der Waals surface area (Å²) in [6.45, 7) is 1.52. The van der Waals surface area contributed by atoms with E-state index in [0.29, 0.717) is 5.69 Å². The van der Waals surface area contributed by atoms with Crippen LogP contribution >= 0.6 is 11.8 Å². The number of anilines is 1. The topological polar surface area (TPSA) is 74.7 Å². The molecule has 118 valence electrons. The van der Waals surface area contributed by atoms with Crippen LogP contribution in [0.15, 0.2) is 42.5 Å². The number of aliphatic carboxylic acids is 1.